The van der Waals surface area contributed by atoms with Crippen molar-refractivity contribution in [2.24, 2.45) is 5.73 Å². The number of ether oxygens (including phenoxy) is 1. The summed E-state index contributed by atoms with van der Waals surface area (Å²) < 4.78 is 19.0. The second-order valence-electron chi connectivity index (χ2n) is 5.30. The number of rotatable bonds is 6. The van der Waals surface area contributed by atoms with Gasteiger partial charge in [-0.2, -0.15) is 0 Å². The van der Waals surface area contributed by atoms with Crippen molar-refractivity contribution < 1.29 is 9.13 Å². The van der Waals surface area contributed by atoms with E-state index >= 15 is 0 Å². The molecule has 0 radical (unpaired) electrons. The molecule has 0 aromatic heterocycles. The highest BCUT2D eigenvalue weighted by atomic mass is 19.1. The fourth-order valence-electron chi connectivity index (χ4n) is 2.27. The van der Waals surface area contributed by atoms with Gasteiger partial charge < -0.3 is 10.5 Å². The molecule has 0 heterocycles. The van der Waals surface area contributed by atoms with Gasteiger partial charge in [0.05, 0.1) is 6.61 Å². The molecule has 0 saturated heterocycles. The van der Waals surface area contributed by atoms with Gasteiger partial charge in [-0.25, -0.2) is 4.39 Å². The van der Waals surface area contributed by atoms with Crippen LogP contribution in [-0.2, 0) is 6.42 Å². The average molecular weight is 287 g/mol. The molecule has 2 rings (SSSR count). The van der Waals surface area contributed by atoms with Crippen molar-refractivity contribution in [3.63, 3.8) is 0 Å². The third-order valence-electron chi connectivity index (χ3n) is 3.51. The van der Waals surface area contributed by atoms with Gasteiger partial charge in [-0.1, -0.05) is 25.1 Å². The Hall–Kier alpha value is -1.87. The molecule has 0 aliphatic rings. The molecule has 0 aliphatic heterocycles. The second-order valence-corrected chi connectivity index (χ2v) is 5.30. The molecule has 21 heavy (non-hydrogen) atoms. The first-order valence-electron chi connectivity index (χ1n) is 7.33. The highest BCUT2D eigenvalue weighted by Crippen LogP contribution is 2.22. The Kier molecular flexibility index (Phi) is 5.34. The fraction of sp³-hybridized carbons (Fsp3) is 0.333. The number of nitrogens with two attached hydrogens (primary N) is 1. The summed E-state index contributed by atoms with van der Waals surface area (Å²) in [5.41, 5.74) is 9.28. The Balaban J connectivity index is 2.12. The lowest BCUT2D eigenvalue weighted by Gasteiger charge is -2.15. The smallest absolute Gasteiger partial charge is 0.123 e. The lowest BCUT2D eigenvalue weighted by Crippen LogP contribution is -2.14. The van der Waals surface area contributed by atoms with E-state index < -0.39 is 0 Å². The molecule has 0 saturated carbocycles. The SMILES string of the molecule is CCCOc1cccc(C(N)Cc2cc(F)ccc2C)c1. The number of aryl methyl sites for hydroxylation is 1. The standard InChI is InChI=1S/C18H22FNO/c1-3-9-21-17-6-4-5-14(11-17)18(20)12-15-10-16(19)8-7-13(15)2/h4-8,10-11,18H,3,9,12,20H2,1-2H3. The first kappa shape index (κ1) is 15.5. The van der Waals surface area contributed by atoms with Crippen LogP contribution in [0.2, 0.25) is 0 Å². The van der Waals surface area contributed by atoms with Crippen molar-refractivity contribution in [1.29, 1.82) is 0 Å². The maximum atomic E-state index is 13.3. The predicted molar refractivity (Wildman–Crippen MR) is 84.0 cm³/mol. The lowest BCUT2D eigenvalue weighted by atomic mass is 9.96. The molecule has 2 nitrogen and oxygen atoms in total. The van der Waals surface area contributed by atoms with Gasteiger partial charge >= 0.3 is 0 Å². The summed E-state index contributed by atoms with van der Waals surface area (Å²) in [6, 6.07) is 12.5. The molecule has 0 fully saturated rings. The molecule has 3 heteroatoms. The average Bonchev–Trinajstić information content (AvgIpc) is 2.49. The maximum absolute atomic E-state index is 13.3. The van der Waals surface area contributed by atoms with E-state index in [-0.39, 0.29) is 11.9 Å². The topological polar surface area (TPSA) is 35.2 Å². The van der Waals surface area contributed by atoms with Gasteiger partial charge in [0, 0.05) is 6.04 Å². The normalized spacial score (nSPS) is 12.2. The van der Waals surface area contributed by atoms with Crippen LogP contribution in [0.1, 0.15) is 36.1 Å². The van der Waals surface area contributed by atoms with E-state index in [1.54, 1.807) is 12.1 Å². The van der Waals surface area contributed by atoms with Crippen LogP contribution >= 0.6 is 0 Å². The summed E-state index contributed by atoms with van der Waals surface area (Å²) in [6.07, 6.45) is 1.58. The second kappa shape index (κ2) is 7.23. The number of hydrogen-bond acceptors (Lipinski definition) is 2. The zero-order valence-corrected chi connectivity index (χ0v) is 12.6. The Morgan fingerprint density at radius 1 is 1.19 bits per heavy atom. The van der Waals surface area contributed by atoms with Crippen LogP contribution in [0.15, 0.2) is 42.5 Å². The van der Waals surface area contributed by atoms with Crippen LogP contribution in [0.4, 0.5) is 4.39 Å². The first-order chi connectivity index (χ1) is 10.1. The van der Waals surface area contributed by atoms with Crippen molar-refractivity contribution in [2.75, 3.05) is 6.61 Å². The summed E-state index contributed by atoms with van der Waals surface area (Å²) in [7, 11) is 0. The number of benzene rings is 2. The quantitative estimate of drug-likeness (QED) is 0.865. The maximum Gasteiger partial charge on any atom is 0.123 e. The lowest BCUT2D eigenvalue weighted by molar-refractivity contribution is 0.317. The van der Waals surface area contributed by atoms with E-state index in [1.807, 2.05) is 31.2 Å². The van der Waals surface area contributed by atoms with Gasteiger partial charge in [-0.3, -0.25) is 0 Å². The molecule has 0 aliphatic carbocycles. The minimum Gasteiger partial charge on any atom is -0.494 e. The van der Waals surface area contributed by atoms with Crippen molar-refractivity contribution in [2.45, 2.75) is 32.7 Å². The van der Waals surface area contributed by atoms with Crippen molar-refractivity contribution in [3.05, 3.63) is 65.0 Å². The monoisotopic (exact) mass is 287 g/mol. The van der Waals surface area contributed by atoms with E-state index in [2.05, 4.69) is 6.92 Å². The Labute approximate surface area is 125 Å². The summed E-state index contributed by atoms with van der Waals surface area (Å²) in [6.45, 7) is 4.74. The summed E-state index contributed by atoms with van der Waals surface area (Å²) in [5, 5.41) is 0. The minimum atomic E-state index is -0.220. The molecule has 112 valence electrons. The molecule has 0 amide bonds. The van der Waals surface area contributed by atoms with E-state index in [1.165, 1.54) is 6.07 Å². The Morgan fingerprint density at radius 2 is 2.00 bits per heavy atom. The van der Waals surface area contributed by atoms with Crippen LogP contribution in [0, 0.1) is 12.7 Å². The van der Waals surface area contributed by atoms with Gasteiger partial charge in [0.15, 0.2) is 0 Å². The van der Waals surface area contributed by atoms with Crippen LogP contribution in [-0.4, -0.2) is 6.61 Å². The first-order valence-corrected chi connectivity index (χ1v) is 7.33. The van der Waals surface area contributed by atoms with Crippen molar-refractivity contribution in [3.8, 4) is 5.75 Å². The van der Waals surface area contributed by atoms with Crippen molar-refractivity contribution >= 4 is 0 Å². The van der Waals surface area contributed by atoms with Gasteiger partial charge in [0.2, 0.25) is 0 Å². The van der Waals surface area contributed by atoms with Gasteiger partial charge in [0.1, 0.15) is 11.6 Å². The van der Waals surface area contributed by atoms with Gasteiger partial charge in [0.25, 0.3) is 0 Å². The largest absolute Gasteiger partial charge is 0.494 e. The number of hydrogen-bond donors (Lipinski definition) is 1. The molecular formula is C18H22FNO. The molecule has 2 aromatic rings. The van der Waals surface area contributed by atoms with E-state index in [9.17, 15) is 4.39 Å². The van der Waals surface area contributed by atoms with Crippen LogP contribution in [0.25, 0.3) is 0 Å². The van der Waals surface area contributed by atoms with Crippen LogP contribution < -0.4 is 10.5 Å². The highest BCUT2D eigenvalue weighted by Gasteiger charge is 2.10. The number of halogens is 1. The zero-order valence-electron chi connectivity index (χ0n) is 12.6. The van der Waals surface area contributed by atoms with Crippen LogP contribution in [0.3, 0.4) is 0 Å². The third kappa shape index (κ3) is 4.30. The Bertz CT molecular complexity index is 598. The molecule has 0 spiro atoms. The van der Waals surface area contributed by atoms with E-state index in [0.717, 1.165) is 28.9 Å². The molecule has 0 bridgehead atoms. The minimum absolute atomic E-state index is 0.171. The van der Waals surface area contributed by atoms with Crippen LogP contribution in [0.5, 0.6) is 5.75 Å². The van der Waals surface area contributed by atoms with Gasteiger partial charge in [-0.15, -0.1) is 0 Å². The summed E-state index contributed by atoms with van der Waals surface area (Å²) >= 11 is 0. The van der Waals surface area contributed by atoms with Crippen molar-refractivity contribution in [1.82, 2.24) is 0 Å². The molecule has 1 unspecified atom stereocenters. The summed E-state index contributed by atoms with van der Waals surface area (Å²) in [5.74, 6) is 0.614. The molecule has 1 atom stereocenters. The summed E-state index contributed by atoms with van der Waals surface area (Å²) in [4.78, 5) is 0. The highest BCUT2D eigenvalue weighted by molar-refractivity contribution is 5.33. The van der Waals surface area contributed by atoms with Gasteiger partial charge in [-0.05, 0) is 60.7 Å². The molecule has 2 N–H and O–H groups in total. The fourth-order valence-corrected chi connectivity index (χ4v) is 2.27. The molecular weight excluding hydrogens is 265 g/mol. The third-order valence-corrected chi connectivity index (χ3v) is 3.51. The predicted octanol–water partition coefficient (Wildman–Crippen LogP) is 4.17. The zero-order chi connectivity index (χ0) is 15.2. The Morgan fingerprint density at radius 3 is 2.76 bits per heavy atom. The van der Waals surface area contributed by atoms with E-state index in [0.29, 0.717) is 13.0 Å². The molecule has 2 aromatic carbocycles. The van der Waals surface area contributed by atoms with E-state index in [4.69, 9.17) is 10.5 Å².